The van der Waals surface area contributed by atoms with Gasteiger partial charge in [0.25, 0.3) is 5.91 Å². The zero-order chi connectivity index (χ0) is 15.2. The number of pyridine rings is 1. The SMILES string of the molecule is CCC(=O)Nc1cccc(C(=O)Nc2ncccc2C)c1. The maximum absolute atomic E-state index is 12.2. The number of nitrogens with one attached hydrogen (secondary N) is 2. The Labute approximate surface area is 123 Å². The van der Waals surface area contributed by atoms with Gasteiger partial charge in [-0.3, -0.25) is 9.59 Å². The molecule has 0 bridgehead atoms. The first-order valence-corrected chi connectivity index (χ1v) is 6.73. The van der Waals surface area contributed by atoms with Crippen LogP contribution in [0.1, 0.15) is 29.3 Å². The Balaban J connectivity index is 2.14. The van der Waals surface area contributed by atoms with Crippen LogP contribution < -0.4 is 10.6 Å². The molecule has 2 amide bonds. The molecule has 0 unspecified atom stereocenters. The van der Waals surface area contributed by atoms with Crippen LogP contribution in [0.2, 0.25) is 0 Å². The van der Waals surface area contributed by atoms with Gasteiger partial charge in [-0.1, -0.05) is 19.1 Å². The first kappa shape index (κ1) is 14.7. The number of rotatable bonds is 4. The second kappa shape index (κ2) is 6.65. The molecular weight excluding hydrogens is 266 g/mol. The lowest BCUT2D eigenvalue weighted by molar-refractivity contribution is -0.115. The minimum Gasteiger partial charge on any atom is -0.326 e. The molecule has 108 valence electrons. The van der Waals surface area contributed by atoms with Crippen molar-refractivity contribution >= 4 is 23.3 Å². The third kappa shape index (κ3) is 3.89. The van der Waals surface area contributed by atoms with Crippen molar-refractivity contribution in [2.45, 2.75) is 20.3 Å². The topological polar surface area (TPSA) is 71.1 Å². The number of carbonyl (C=O) groups excluding carboxylic acids is 2. The van der Waals surface area contributed by atoms with Gasteiger partial charge in [0.15, 0.2) is 0 Å². The summed E-state index contributed by atoms with van der Waals surface area (Å²) in [6, 6.07) is 10.5. The number of anilines is 2. The smallest absolute Gasteiger partial charge is 0.256 e. The van der Waals surface area contributed by atoms with Crippen LogP contribution in [0.15, 0.2) is 42.6 Å². The molecule has 0 radical (unpaired) electrons. The molecule has 1 heterocycles. The summed E-state index contributed by atoms with van der Waals surface area (Å²) in [5, 5.41) is 5.49. The molecule has 0 atom stereocenters. The van der Waals surface area contributed by atoms with E-state index in [0.717, 1.165) is 5.56 Å². The van der Waals surface area contributed by atoms with E-state index in [-0.39, 0.29) is 11.8 Å². The Bertz CT molecular complexity index is 668. The van der Waals surface area contributed by atoms with E-state index in [1.807, 2.05) is 19.1 Å². The summed E-state index contributed by atoms with van der Waals surface area (Å²) in [5.74, 6) is 0.183. The van der Waals surface area contributed by atoms with Crippen LogP contribution in [0.4, 0.5) is 11.5 Å². The Morgan fingerprint density at radius 1 is 1.14 bits per heavy atom. The Kier molecular flexibility index (Phi) is 4.66. The first-order chi connectivity index (χ1) is 10.1. The highest BCUT2D eigenvalue weighted by Gasteiger charge is 2.09. The van der Waals surface area contributed by atoms with Crippen molar-refractivity contribution in [3.63, 3.8) is 0 Å². The molecule has 0 fully saturated rings. The largest absolute Gasteiger partial charge is 0.326 e. The Morgan fingerprint density at radius 2 is 1.95 bits per heavy atom. The summed E-state index contributed by atoms with van der Waals surface area (Å²) < 4.78 is 0. The number of aromatic nitrogens is 1. The van der Waals surface area contributed by atoms with E-state index >= 15 is 0 Å². The van der Waals surface area contributed by atoms with Gasteiger partial charge in [0.2, 0.25) is 5.91 Å². The lowest BCUT2D eigenvalue weighted by Gasteiger charge is -2.08. The molecule has 0 saturated heterocycles. The summed E-state index contributed by atoms with van der Waals surface area (Å²) >= 11 is 0. The molecule has 0 aliphatic carbocycles. The van der Waals surface area contributed by atoms with Crippen LogP contribution >= 0.6 is 0 Å². The molecule has 1 aromatic heterocycles. The molecule has 0 aliphatic rings. The number of amides is 2. The lowest BCUT2D eigenvalue weighted by Crippen LogP contribution is -2.15. The van der Waals surface area contributed by atoms with Crippen molar-refractivity contribution in [2.75, 3.05) is 10.6 Å². The molecule has 0 saturated carbocycles. The molecule has 0 spiro atoms. The monoisotopic (exact) mass is 283 g/mol. The van der Waals surface area contributed by atoms with Crippen molar-refractivity contribution < 1.29 is 9.59 Å². The van der Waals surface area contributed by atoms with Crippen LogP contribution in [-0.4, -0.2) is 16.8 Å². The molecule has 2 rings (SSSR count). The summed E-state index contributed by atoms with van der Waals surface area (Å²) in [7, 11) is 0. The Morgan fingerprint density at radius 3 is 2.67 bits per heavy atom. The molecule has 5 nitrogen and oxygen atoms in total. The number of carbonyl (C=O) groups is 2. The van der Waals surface area contributed by atoms with Crippen molar-refractivity contribution in [2.24, 2.45) is 0 Å². The average Bonchev–Trinajstić information content (AvgIpc) is 2.49. The number of hydrogen-bond donors (Lipinski definition) is 2. The fourth-order valence-corrected chi connectivity index (χ4v) is 1.78. The molecule has 1 aromatic carbocycles. The van der Waals surface area contributed by atoms with Crippen molar-refractivity contribution in [1.29, 1.82) is 0 Å². The number of aryl methyl sites for hydroxylation is 1. The number of benzene rings is 1. The van der Waals surface area contributed by atoms with E-state index in [4.69, 9.17) is 0 Å². The quantitative estimate of drug-likeness (QED) is 0.906. The maximum Gasteiger partial charge on any atom is 0.256 e. The average molecular weight is 283 g/mol. The van der Waals surface area contributed by atoms with E-state index in [1.165, 1.54) is 0 Å². The van der Waals surface area contributed by atoms with Crippen LogP contribution in [0.5, 0.6) is 0 Å². The normalized spacial score (nSPS) is 10.0. The fraction of sp³-hybridized carbons (Fsp3) is 0.188. The van der Waals surface area contributed by atoms with Gasteiger partial charge in [0.1, 0.15) is 5.82 Å². The van der Waals surface area contributed by atoms with Gasteiger partial charge >= 0.3 is 0 Å². The predicted molar refractivity (Wildman–Crippen MR) is 82.3 cm³/mol. The van der Waals surface area contributed by atoms with E-state index in [9.17, 15) is 9.59 Å². The highest BCUT2D eigenvalue weighted by atomic mass is 16.2. The standard InChI is InChI=1S/C16H17N3O2/c1-3-14(20)18-13-8-4-7-12(10-13)16(21)19-15-11(2)6-5-9-17-15/h4-10H,3H2,1-2H3,(H,18,20)(H,17,19,21). The lowest BCUT2D eigenvalue weighted by atomic mass is 10.1. The summed E-state index contributed by atoms with van der Waals surface area (Å²) in [5.41, 5.74) is 1.96. The molecule has 2 aromatic rings. The molecular formula is C16H17N3O2. The third-order valence-electron chi connectivity index (χ3n) is 2.97. The van der Waals surface area contributed by atoms with Crippen molar-refractivity contribution in [1.82, 2.24) is 4.98 Å². The Hall–Kier alpha value is -2.69. The second-order valence-corrected chi connectivity index (χ2v) is 4.61. The van der Waals surface area contributed by atoms with E-state index in [1.54, 1.807) is 37.4 Å². The third-order valence-corrected chi connectivity index (χ3v) is 2.97. The van der Waals surface area contributed by atoms with Crippen LogP contribution in [0.25, 0.3) is 0 Å². The van der Waals surface area contributed by atoms with Crippen molar-refractivity contribution in [3.8, 4) is 0 Å². The van der Waals surface area contributed by atoms with Gasteiger partial charge in [-0.05, 0) is 36.8 Å². The zero-order valence-corrected chi connectivity index (χ0v) is 12.0. The molecule has 21 heavy (non-hydrogen) atoms. The number of hydrogen-bond acceptors (Lipinski definition) is 3. The molecule has 2 N–H and O–H groups in total. The van der Waals surface area contributed by atoms with E-state index in [0.29, 0.717) is 23.5 Å². The van der Waals surface area contributed by atoms with Gasteiger partial charge in [0.05, 0.1) is 0 Å². The highest BCUT2D eigenvalue weighted by Crippen LogP contribution is 2.14. The van der Waals surface area contributed by atoms with E-state index in [2.05, 4.69) is 15.6 Å². The fourth-order valence-electron chi connectivity index (χ4n) is 1.78. The molecule has 0 aliphatic heterocycles. The summed E-state index contributed by atoms with van der Waals surface area (Å²) in [6.07, 6.45) is 2.02. The van der Waals surface area contributed by atoms with Crippen LogP contribution in [0.3, 0.4) is 0 Å². The van der Waals surface area contributed by atoms with E-state index < -0.39 is 0 Å². The summed E-state index contributed by atoms with van der Waals surface area (Å²) in [4.78, 5) is 27.7. The molecule has 5 heteroatoms. The zero-order valence-electron chi connectivity index (χ0n) is 12.0. The van der Waals surface area contributed by atoms with Gasteiger partial charge < -0.3 is 10.6 Å². The minimum atomic E-state index is -0.260. The first-order valence-electron chi connectivity index (χ1n) is 6.73. The maximum atomic E-state index is 12.2. The second-order valence-electron chi connectivity index (χ2n) is 4.61. The minimum absolute atomic E-state index is 0.0897. The van der Waals surface area contributed by atoms with Crippen LogP contribution in [-0.2, 0) is 4.79 Å². The van der Waals surface area contributed by atoms with Gasteiger partial charge in [-0.2, -0.15) is 0 Å². The number of nitrogens with zero attached hydrogens (tertiary/aromatic N) is 1. The van der Waals surface area contributed by atoms with Crippen LogP contribution in [0, 0.1) is 6.92 Å². The van der Waals surface area contributed by atoms with Crippen molar-refractivity contribution in [3.05, 3.63) is 53.7 Å². The van der Waals surface area contributed by atoms with Gasteiger partial charge in [0, 0.05) is 23.9 Å². The van der Waals surface area contributed by atoms with Gasteiger partial charge in [-0.25, -0.2) is 4.98 Å². The highest BCUT2D eigenvalue weighted by molar-refractivity contribution is 6.05. The predicted octanol–water partition coefficient (Wildman–Crippen LogP) is 2.99. The van der Waals surface area contributed by atoms with Gasteiger partial charge in [-0.15, -0.1) is 0 Å². The summed E-state index contributed by atoms with van der Waals surface area (Å²) in [6.45, 7) is 3.65.